The molecule has 0 aliphatic carbocycles. The van der Waals surface area contributed by atoms with Gasteiger partial charge in [-0.05, 0) is 30.3 Å². The number of amides is 1. The zero-order valence-electron chi connectivity index (χ0n) is 11.4. The van der Waals surface area contributed by atoms with Crippen LogP contribution in [-0.4, -0.2) is 22.1 Å². The molecule has 0 fully saturated rings. The number of carbonyl (C=O) groups is 2. The van der Waals surface area contributed by atoms with E-state index in [2.05, 4.69) is 10.6 Å². The van der Waals surface area contributed by atoms with E-state index in [9.17, 15) is 9.59 Å². The summed E-state index contributed by atoms with van der Waals surface area (Å²) >= 11 is 16.7. The highest BCUT2D eigenvalue weighted by molar-refractivity contribution is 7.80. The molecule has 0 saturated carbocycles. The average molecular weight is 349 g/mol. The van der Waals surface area contributed by atoms with E-state index >= 15 is 0 Å². The maximum atomic E-state index is 11.6. The molecule has 1 amide bonds. The number of hydrogen-bond donors (Lipinski definition) is 3. The van der Waals surface area contributed by atoms with Crippen LogP contribution in [0.2, 0.25) is 10.0 Å². The van der Waals surface area contributed by atoms with Crippen molar-refractivity contribution in [3.63, 3.8) is 0 Å². The van der Waals surface area contributed by atoms with Crippen LogP contribution in [0.3, 0.4) is 0 Å². The Kier molecular flexibility index (Phi) is 6.39. The third kappa shape index (κ3) is 5.49. The van der Waals surface area contributed by atoms with E-state index in [-0.39, 0.29) is 38.2 Å². The molecule has 1 aromatic rings. The quantitative estimate of drug-likeness (QED) is 0.725. The molecule has 0 radical (unpaired) electrons. The average Bonchev–Trinajstić information content (AvgIpc) is 2.30. The van der Waals surface area contributed by atoms with Gasteiger partial charge in [-0.1, -0.05) is 37.0 Å². The number of carbonyl (C=O) groups excluding carboxylic acids is 1. The molecule has 8 heteroatoms. The first-order valence-electron chi connectivity index (χ1n) is 6.04. The molecule has 0 spiro atoms. The Morgan fingerprint density at radius 2 is 1.95 bits per heavy atom. The normalized spacial score (nSPS) is 10.3. The summed E-state index contributed by atoms with van der Waals surface area (Å²) < 4.78 is 0. The summed E-state index contributed by atoms with van der Waals surface area (Å²) in [6, 6.07) is 2.63. The number of benzene rings is 1. The molecule has 0 unspecified atom stereocenters. The minimum Gasteiger partial charge on any atom is -0.478 e. The van der Waals surface area contributed by atoms with Crippen LogP contribution in [0.4, 0.5) is 5.69 Å². The van der Waals surface area contributed by atoms with E-state index in [4.69, 9.17) is 40.5 Å². The zero-order chi connectivity index (χ0) is 16.2. The van der Waals surface area contributed by atoms with E-state index in [0.29, 0.717) is 6.42 Å². The molecule has 1 rings (SSSR count). The monoisotopic (exact) mass is 348 g/mol. The van der Waals surface area contributed by atoms with Crippen LogP contribution in [0.15, 0.2) is 12.1 Å². The molecule has 0 atom stereocenters. The molecule has 114 valence electrons. The fourth-order valence-electron chi connectivity index (χ4n) is 1.56. The lowest BCUT2D eigenvalue weighted by Crippen LogP contribution is -2.35. The van der Waals surface area contributed by atoms with Gasteiger partial charge in [-0.3, -0.25) is 4.79 Å². The number of hydrogen-bond acceptors (Lipinski definition) is 3. The van der Waals surface area contributed by atoms with Gasteiger partial charge in [-0.15, -0.1) is 0 Å². The number of thiocarbonyl (C=S) groups is 1. The molecule has 0 aliphatic heterocycles. The van der Waals surface area contributed by atoms with Crippen LogP contribution in [0, 0.1) is 5.92 Å². The Balaban J connectivity index is 2.90. The van der Waals surface area contributed by atoms with Gasteiger partial charge in [-0.2, -0.15) is 0 Å². The van der Waals surface area contributed by atoms with Crippen LogP contribution in [-0.2, 0) is 4.79 Å². The third-order valence-electron chi connectivity index (χ3n) is 2.37. The number of halogens is 2. The highest BCUT2D eigenvalue weighted by Crippen LogP contribution is 2.30. The Morgan fingerprint density at radius 1 is 1.33 bits per heavy atom. The lowest BCUT2D eigenvalue weighted by molar-refractivity contribution is -0.120. The van der Waals surface area contributed by atoms with Crippen LogP contribution in [0.25, 0.3) is 0 Å². The molecule has 0 heterocycles. The Labute approximate surface area is 137 Å². The van der Waals surface area contributed by atoms with E-state index < -0.39 is 5.97 Å². The van der Waals surface area contributed by atoms with Crippen LogP contribution in [0.1, 0.15) is 30.6 Å². The number of anilines is 1. The number of nitrogens with one attached hydrogen (secondary N) is 2. The van der Waals surface area contributed by atoms with Crippen molar-refractivity contribution in [2.24, 2.45) is 5.92 Å². The molecule has 1 aromatic carbocycles. The Hall–Kier alpha value is -1.37. The van der Waals surface area contributed by atoms with Gasteiger partial charge in [0.25, 0.3) is 0 Å². The maximum Gasteiger partial charge on any atom is 0.337 e. The van der Waals surface area contributed by atoms with E-state index in [1.807, 2.05) is 13.8 Å². The number of rotatable bonds is 4. The Bertz CT molecular complexity index is 591. The van der Waals surface area contributed by atoms with Crippen molar-refractivity contribution in [3.8, 4) is 0 Å². The molecule has 21 heavy (non-hydrogen) atoms. The zero-order valence-corrected chi connectivity index (χ0v) is 13.7. The fraction of sp³-hybridized carbons (Fsp3) is 0.308. The number of carboxylic acids is 1. The summed E-state index contributed by atoms with van der Waals surface area (Å²) in [4.78, 5) is 22.8. The van der Waals surface area contributed by atoms with Crippen molar-refractivity contribution in [2.45, 2.75) is 20.3 Å². The standard InChI is InChI=1S/C13H14Cl2N2O3S/c1-6(2)3-10(18)16-13(21)17-11-8(12(19)20)4-7(14)5-9(11)15/h4-6H,3H2,1-2H3,(H,19,20)(H2,16,17,18,21). The lowest BCUT2D eigenvalue weighted by atomic mass is 10.1. The van der Waals surface area contributed by atoms with Crippen molar-refractivity contribution >= 4 is 58.1 Å². The molecule has 3 N–H and O–H groups in total. The van der Waals surface area contributed by atoms with Crippen molar-refractivity contribution in [2.75, 3.05) is 5.32 Å². The lowest BCUT2D eigenvalue weighted by Gasteiger charge is -2.14. The van der Waals surface area contributed by atoms with Gasteiger partial charge in [0.1, 0.15) is 0 Å². The van der Waals surface area contributed by atoms with Crippen molar-refractivity contribution in [3.05, 3.63) is 27.7 Å². The Morgan fingerprint density at radius 3 is 2.48 bits per heavy atom. The summed E-state index contributed by atoms with van der Waals surface area (Å²) in [5.41, 5.74) is -0.0450. The molecule has 0 bridgehead atoms. The summed E-state index contributed by atoms with van der Waals surface area (Å²) in [5, 5.41) is 14.5. The second-order valence-electron chi connectivity index (χ2n) is 4.72. The number of aromatic carboxylic acids is 1. The predicted octanol–water partition coefficient (Wildman–Crippen LogP) is 3.55. The molecule has 5 nitrogen and oxygen atoms in total. The molecule has 0 aliphatic rings. The van der Waals surface area contributed by atoms with E-state index in [1.165, 1.54) is 12.1 Å². The minimum atomic E-state index is -1.21. The van der Waals surface area contributed by atoms with Gasteiger partial charge in [0, 0.05) is 11.4 Å². The van der Waals surface area contributed by atoms with Crippen LogP contribution in [0.5, 0.6) is 0 Å². The van der Waals surface area contributed by atoms with Crippen molar-refractivity contribution in [1.29, 1.82) is 0 Å². The molecule has 0 saturated heterocycles. The summed E-state index contributed by atoms with van der Waals surface area (Å²) in [6.45, 7) is 3.79. The molecular weight excluding hydrogens is 335 g/mol. The van der Waals surface area contributed by atoms with Crippen molar-refractivity contribution < 1.29 is 14.7 Å². The van der Waals surface area contributed by atoms with Gasteiger partial charge in [0.05, 0.1) is 16.3 Å². The first-order valence-corrected chi connectivity index (χ1v) is 7.20. The van der Waals surface area contributed by atoms with E-state index in [1.54, 1.807) is 0 Å². The second-order valence-corrected chi connectivity index (χ2v) is 5.97. The van der Waals surface area contributed by atoms with Gasteiger partial charge in [0.15, 0.2) is 5.11 Å². The van der Waals surface area contributed by atoms with E-state index in [0.717, 1.165) is 0 Å². The molecule has 0 aromatic heterocycles. The first kappa shape index (κ1) is 17.7. The summed E-state index contributed by atoms with van der Waals surface area (Å²) in [5.74, 6) is -1.29. The summed E-state index contributed by atoms with van der Waals surface area (Å²) in [6.07, 6.45) is 0.307. The van der Waals surface area contributed by atoms with Crippen molar-refractivity contribution in [1.82, 2.24) is 5.32 Å². The van der Waals surface area contributed by atoms with Crippen LogP contribution < -0.4 is 10.6 Å². The SMILES string of the molecule is CC(C)CC(=O)NC(=S)Nc1c(Cl)cc(Cl)cc1C(=O)O. The van der Waals surface area contributed by atoms with Gasteiger partial charge in [-0.25, -0.2) is 4.79 Å². The smallest absolute Gasteiger partial charge is 0.337 e. The maximum absolute atomic E-state index is 11.6. The number of carboxylic acid groups (broad SMARTS) is 1. The molecular formula is C13H14Cl2N2O3S. The minimum absolute atomic E-state index is 0.0210. The first-order chi connectivity index (χ1) is 9.70. The van der Waals surface area contributed by atoms with Gasteiger partial charge in [0.2, 0.25) is 5.91 Å². The van der Waals surface area contributed by atoms with Gasteiger partial charge >= 0.3 is 5.97 Å². The topological polar surface area (TPSA) is 78.4 Å². The fourth-order valence-corrected chi connectivity index (χ4v) is 2.32. The largest absolute Gasteiger partial charge is 0.478 e. The third-order valence-corrected chi connectivity index (χ3v) is 3.09. The van der Waals surface area contributed by atoms with Gasteiger partial charge < -0.3 is 15.7 Å². The second kappa shape index (κ2) is 7.59. The predicted molar refractivity (Wildman–Crippen MR) is 87.2 cm³/mol. The van der Waals surface area contributed by atoms with Crippen LogP contribution >= 0.6 is 35.4 Å². The highest BCUT2D eigenvalue weighted by atomic mass is 35.5. The highest BCUT2D eigenvalue weighted by Gasteiger charge is 2.17. The summed E-state index contributed by atoms with van der Waals surface area (Å²) in [7, 11) is 0.